The molecule has 0 fully saturated rings. The van der Waals surface area contributed by atoms with Crippen LogP contribution in [0.5, 0.6) is 0 Å². The van der Waals surface area contributed by atoms with Gasteiger partial charge in [0.25, 0.3) is 11.8 Å². The molecule has 0 unspecified atom stereocenters. The number of carbonyl (C=O) groups is 4. The third-order valence-corrected chi connectivity index (χ3v) is 10.2. The van der Waals surface area contributed by atoms with Gasteiger partial charge in [0.2, 0.25) is 0 Å². The van der Waals surface area contributed by atoms with Crippen molar-refractivity contribution < 1.29 is 29.4 Å². The number of aromatic amines is 2. The Kier molecular flexibility index (Phi) is 10.9. The number of benzene rings is 1. The number of carbonyl (C=O) groups excluding carboxylic acids is 2. The van der Waals surface area contributed by atoms with Crippen LogP contribution in [0.25, 0.3) is 18.2 Å². The number of aliphatic carboxylic acids is 2. The van der Waals surface area contributed by atoms with Crippen LogP contribution in [0.15, 0.2) is 63.3 Å². The van der Waals surface area contributed by atoms with Gasteiger partial charge in [-0.1, -0.05) is 51.1 Å². The van der Waals surface area contributed by atoms with Crippen molar-refractivity contribution in [2.45, 2.75) is 86.5 Å². The zero-order chi connectivity index (χ0) is 37.1. The summed E-state index contributed by atoms with van der Waals surface area (Å²) >= 11 is 0. The van der Waals surface area contributed by atoms with Crippen LogP contribution >= 0.6 is 0 Å². The lowest BCUT2D eigenvalue weighted by Gasteiger charge is -2.13. The van der Waals surface area contributed by atoms with Crippen molar-refractivity contribution in [1.29, 1.82) is 0 Å². The molecule has 0 bridgehead atoms. The zero-order valence-electron chi connectivity index (χ0n) is 30.3. The summed E-state index contributed by atoms with van der Waals surface area (Å²) in [5.41, 5.74) is 9.99. The molecule has 2 aliphatic rings. The molecule has 3 aromatic rings. The highest BCUT2D eigenvalue weighted by molar-refractivity contribution is 6.30. The van der Waals surface area contributed by atoms with Crippen molar-refractivity contribution in [3.8, 4) is 0 Å². The standard InChI is InChI=1S/C41H46N4O6/c1-8-28-23(5)39(48)44-33(28)18-31-22(4)30(17-27(41(50)51)16-26-13-11-10-12-14-26)35(42-31)20-36-38(21(3)15-37(46)47)25(7)32(43-36)19-34-29(9-2)24(6)40(49)45-34/h10-14,18-21,27,42-43H,8-9,15-17H2,1-7H3,(H,45,49)(H,46,47)(H,50,51)/b31-18-,34-19-,35-20-/t21-,27-/m0/s1. The van der Waals surface area contributed by atoms with E-state index in [9.17, 15) is 29.4 Å². The lowest BCUT2D eigenvalue weighted by atomic mass is 9.91. The highest BCUT2D eigenvalue weighted by atomic mass is 16.4. The molecule has 51 heavy (non-hydrogen) atoms. The Morgan fingerprint density at radius 3 is 2.14 bits per heavy atom. The fourth-order valence-electron chi connectivity index (χ4n) is 7.29. The molecule has 5 rings (SSSR count). The second-order valence-corrected chi connectivity index (χ2v) is 13.5. The number of aliphatic imine (C=N–C) groups is 1. The van der Waals surface area contributed by atoms with Gasteiger partial charge >= 0.3 is 11.9 Å². The number of hydrogen-bond donors (Lipinski definition) is 5. The summed E-state index contributed by atoms with van der Waals surface area (Å²) in [6.45, 7) is 13.3. The second kappa shape index (κ2) is 15.2. The lowest BCUT2D eigenvalue weighted by molar-refractivity contribution is -0.141. The van der Waals surface area contributed by atoms with Crippen molar-refractivity contribution in [3.05, 3.63) is 108 Å². The van der Waals surface area contributed by atoms with Gasteiger partial charge in [-0.25, -0.2) is 4.99 Å². The summed E-state index contributed by atoms with van der Waals surface area (Å²) in [5.74, 6) is -3.35. The van der Waals surface area contributed by atoms with Crippen LogP contribution in [0.2, 0.25) is 0 Å². The molecule has 1 aromatic carbocycles. The summed E-state index contributed by atoms with van der Waals surface area (Å²) in [6, 6.07) is 9.52. The molecule has 0 saturated heterocycles. The smallest absolute Gasteiger partial charge is 0.307 e. The number of H-pyrrole nitrogens is 2. The number of allylic oxidation sites excluding steroid dienone is 2. The first kappa shape index (κ1) is 36.8. The molecule has 4 heterocycles. The number of hydrogen-bond acceptors (Lipinski definition) is 4. The van der Waals surface area contributed by atoms with E-state index in [1.54, 1.807) is 13.8 Å². The number of aromatic nitrogens is 2. The van der Waals surface area contributed by atoms with Crippen LogP contribution in [0.4, 0.5) is 0 Å². The Balaban J connectivity index is 1.73. The van der Waals surface area contributed by atoms with Crippen LogP contribution in [0.1, 0.15) is 99.0 Å². The van der Waals surface area contributed by atoms with Crippen LogP contribution in [-0.4, -0.2) is 49.6 Å². The van der Waals surface area contributed by atoms with Gasteiger partial charge in [0.05, 0.1) is 18.1 Å². The molecule has 266 valence electrons. The Bertz CT molecular complexity index is 2170. The van der Waals surface area contributed by atoms with Crippen molar-refractivity contribution in [2.75, 3.05) is 0 Å². The molecular weight excluding hydrogens is 644 g/mol. The van der Waals surface area contributed by atoms with E-state index in [-0.39, 0.29) is 30.6 Å². The minimum Gasteiger partial charge on any atom is -0.481 e. The Morgan fingerprint density at radius 1 is 0.824 bits per heavy atom. The topological polar surface area (TPSA) is 165 Å². The fourth-order valence-corrected chi connectivity index (χ4v) is 7.29. The van der Waals surface area contributed by atoms with Gasteiger partial charge in [-0.15, -0.1) is 0 Å². The monoisotopic (exact) mass is 690 g/mol. The number of carboxylic acids is 2. The number of carboxylic acid groups (broad SMARTS) is 2. The van der Waals surface area contributed by atoms with Gasteiger partial charge < -0.3 is 25.5 Å². The van der Waals surface area contributed by atoms with Crippen LogP contribution < -0.4 is 16.0 Å². The van der Waals surface area contributed by atoms with Crippen molar-refractivity contribution in [2.24, 2.45) is 10.9 Å². The first-order valence-corrected chi connectivity index (χ1v) is 17.4. The molecular formula is C41H46N4O6. The summed E-state index contributed by atoms with van der Waals surface area (Å²) in [7, 11) is 0. The van der Waals surface area contributed by atoms with Crippen LogP contribution in [-0.2, 0) is 32.0 Å². The maximum atomic E-state index is 12.7. The van der Waals surface area contributed by atoms with Gasteiger partial charge in [0.15, 0.2) is 0 Å². The molecule has 10 nitrogen and oxygen atoms in total. The Labute approximate surface area is 297 Å². The van der Waals surface area contributed by atoms with E-state index >= 15 is 0 Å². The molecule has 0 radical (unpaired) electrons. The van der Waals surface area contributed by atoms with E-state index in [1.165, 1.54) is 0 Å². The summed E-state index contributed by atoms with van der Waals surface area (Å²) in [6.07, 6.45) is 7.43. The molecule has 10 heteroatoms. The maximum absolute atomic E-state index is 12.7. The van der Waals surface area contributed by atoms with Gasteiger partial charge in [-0.3, -0.25) is 19.2 Å². The Hall–Kier alpha value is -5.51. The third-order valence-electron chi connectivity index (χ3n) is 10.2. The molecule has 2 amide bonds. The molecule has 0 aliphatic carbocycles. The summed E-state index contributed by atoms with van der Waals surface area (Å²) < 4.78 is 0. The quantitative estimate of drug-likeness (QED) is 0.158. The second-order valence-electron chi connectivity index (χ2n) is 13.5. The normalized spacial score (nSPS) is 17.5. The average molecular weight is 691 g/mol. The van der Waals surface area contributed by atoms with Gasteiger partial charge in [0, 0.05) is 38.9 Å². The highest BCUT2D eigenvalue weighted by Crippen LogP contribution is 2.33. The zero-order valence-corrected chi connectivity index (χ0v) is 30.3. The summed E-state index contributed by atoms with van der Waals surface area (Å²) in [5, 5.41) is 24.5. The average Bonchev–Trinajstić information content (AvgIpc) is 3.73. The van der Waals surface area contributed by atoms with E-state index < -0.39 is 17.9 Å². The third kappa shape index (κ3) is 7.65. The van der Waals surface area contributed by atoms with E-state index in [1.807, 2.05) is 83.2 Å². The van der Waals surface area contributed by atoms with Gasteiger partial charge in [0.1, 0.15) is 0 Å². The molecule has 5 N–H and O–H groups in total. The number of amides is 2. The molecule has 0 spiro atoms. The lowest BCUT2D eigenvalue weighted by Crippen LogP contribution is -2.23. The molecule has 2 aromatic heterocycles. The molecule has 0 saturated carbocycles. The van der Waals surface area contributed by atoms with Crippen molar-refractivity contribution in [1.82, 2.24) is 15.3 Å². The maximum Gasteiger partial charge on any atom is 0.307 e. The highest BCUT2D eigenvalue weighted by Gasteiger charge is 2.27. The van der Waals surface area contributed by atoms with Crippen LogP contribution in [0.3, 0.4) is 0 Å². The molecule has 2 atom stereocenters. The number of nitrogens with zero attached hydrogens (tertiary/aromatic N) is 1. The van der Waals surface area contributed by atoms with Gasteiger partial charge in [-0.05, 0) is 116 Å². The van der Waals surface area contributed by atoms with Gasteiger partial charge in [-0.2, -0.15) is 0 Å². The first-order chi connectivity index (χ1) is 24.2. The predicted octanol–water partition coefficient (Wildman–Crippen LogP) is 5.54. The first-order valence-electron chi connectivity index (χ1n) is 17.4. The van der Waals surface area contributed by atoms with E-state index in [0.717, 1.165) is 44.7 Å². The van der Waals surface area contributed by atoms with Crippen molar-refractivity contribution in [3.63, 3.8) is 0 Å². The van der Waals surface area contributed by atoms with Crippen molar-refractivity contribution >= 4 is 47.7 Å². The number of rotatable bonds is 13. The largest absolute Gasteiger partial charge is 0.481 e. The number of nitrogens with one attached hydrogen (secondary N) is 3. The fraction of sp³-hybridized carbons (Fsp3) is 0.341. The van der Waals surface area contributed by atoms with E-state index in [4.69, 9.17) is 0 Å². The molecule has 2 aliphatic heterocycles. The minimum absolute atomic E-state index is 0.0986. The van der Waals surface area contributed by atoms with E-state index in [0.29, 0.717) is 58.2 Å². The minimum atomic E-state index is -0.927. The Morgan fingerprint density at radius 2 is 1.51 bits per heavy atom. The van der Waals surface area contributed by atoms with E-state index in [2.05, 4.69) is 20.3 Å². The predicted molar refractivity (Wildman–Crippen MR) is 199 cm³/mol. The SMILES string of the molecule is CCC1=C(C)C(=O)N=C1/C=c1\[nH]/c(=C\c2[nH]c(/C=C3\NC(=O)C(C)=C3CC)c(C)c2[C@@H](C)CC(=O)O)c(C[C@H](Cc2ccccc2)C(=O)O)c1C. The summed E-state index contributed by atoms with van der Waals surface area (Å²) in [4.78, 5) is 61.0. The van der Waals surface area contributed by atoms with Crippen LogP contribution in [0, 0.1) is 19.8 Å².